The lowest BCUT2D eigenvalue weighted by Gasteiger charge is -2.18. The zero-order chi connectivity index (χ0) is 10.3. The van der Waals surface area contributed by atoms with Crippen molar-refractivity contribution in [2.75, 3.05) is 13.5 Å². The molecule has 0 aliphatic carbocycles. The molecule has 0 aromatic rings. The zero-order valence-corrected chi connectivity index (χ0v) is 7.17. The number of aliphatic hydroxyl groups excluding tert-OH is 2. The summed E-state index contributed by atoms with van der Waals surface area (Å²) < 4.78 is 0. The van der Waals surface area contributed by atoms with Gasteiger partial charge in [-0.3, -0.25) is 9.80 Å². The van der Waals surface area contributed by atoms with Crippen LogP contribution in [0.25, 0.3) is 0 Å². The third-order valence-electron chi connectivity index (χ3n) is 2.34. The zero-order valence-electron chi connectivity index (χ0n) is 7.17. The van der Waals surface area contributed by atoms with Gasteiger partial charge in [0.2, 0.25) is 0 Å². The number of fused-ring (bicyclic) bond motifs is 1. The number of amides is 4. The standard InChI is InChI=1S/C6H10N4O4/c11-1-9-3-4(8-5(9)13)10(2-12)6(14)7-3/h3-4,11-12H,1-2H2,(H,7,14)(H,8,13). The number of carbonyl (C=O) groups is 2. The fourth-order valence-electron chi connectivity index (χ4n) is 1.63. The van der Waals surface area contributed by atoms with Gasteiger partial charge in [-0.1, -0.05) is 0 Å². The van der Waals surface area contributed by atoms with E-state index in [9.17, 15) is 9.59 Å². The van der Waals surface area contributed by atoms with Gasteiger partial charge in [0.15, 0.2) is 0 Å². The van der Waals surface area contributed by atoms with Crippen LogP contribution in [0.3, 0.4) is 0 Å². The van der Waals surface area contributed by atoms with E-state index in [1.807, 2.05) is 0 Å². The first-order valence-corrected chi connectivity index (χ1v) is 4.05. The first-order chi connectivity index (χ1) is 6.69. The van der Waals surface area contributed by atoms with E-state index in [1.165, 1.54) is 0 Å². The molecule has 2 aliphatic rings. The largest absolute Gasteiger partial charge is 0.376 e. The Balaban J connectivity index is 2.20. The van der Waals surface area contributed by atoms with Gasteiger partial charge in [0, 0.05) is 0 Å². The molecule has 0 aromatic heterocycles. The maximum absolute atomic E-state index is 11.2. The smallest absolute Gasteiger partial charge is 0.322 e. The SMILES string of the molecule is O=C1NC2C(NC(=O)N2CO)N1CO. The van der Waals surface area contributed by atoms with Crippen molar-refractivity contribution in [3.05, 3.63) is 0 Å². The average Bonchev–Trinajstić information content (AvgIpc) is 2.58. The van der Waals surface area contributed by atoms with Gasteiger partial charge in [0.05, 0.1) is 0 Å². The maximum atomic E-state index is 11.2. The molecule has 0 radical (unpaired) electrons. The van der Waals surface area contributed by atoms with Gasteiger partial charge < -0.3 is 20.8 Å². The summed E-state index contributed by atoms with van der Waals surface area (Å²) in [5, 5.41) is 22.6. The average molecular weight is 202 g/mol. The quantitative estimate of drug-likeness (QED) is 0.400. The molecule has 2 unspecified atom stereocenters. The van der Waals surface area contributed by atoms with Crippen LogP contribution in [0.5, 0.6) is 0 Å². The van der Waals surface area contributed by atoms with Gasteiger partial charge in [-0.25, -0.2) is 9.59 Å². The highest BCUT2D eigenvalue weighted by atomic mass is 16.3. The highest BCUT2D eigenvalue weighted by molar-refractivity contribution is 5.84. The monoisotopic (exact) mass is 202 g/mol. The molecule has 0 spiro atoms. The van der Waals surface area contributed by atoms with Crippen molar-refractivity contribution in [1.82, 2.24) is 20.4 Å². The number of nitrogens with one attached hydrogen (secondary N) is 2. The van der Waals surface area contributed by atoms with E-state index in [1.54, 1.807) is 0 Å². The van der Waals surface area contributed by atoms with E-state index in [2.05, 4.69) is 10.6 Å². The summed E-state index contributed by atoms with van der Waals surface area (Å²) in [6, 6.07) is -0.943. The number of carbonyl (C=O) groups excluding carboxylic acids is 2. The third kappa shape index (κ3) is 1.01. The predicted molar refractivity (Wildman–Crippen MR) is 42.5 cm³/mol. The molecule has 2 fully saturated rings. The second kappa shape index (κ2) is 3.00. The van der Waals surface area contributed by atoms with Crippen LogP contribution in [0, 0.1) is 0 Å². The van der Waals surface area contributed by atoms with Crippen molar-refractivity contribution in [1.29, 1.82) is 0 Å². The summed E-state index contributed by atoms with van der Waals surface area (Å²) in [7, 11) is 0. The van der Waals surface area contributed by atoms with Crippen molar-refractivity contribution in [3.8, 4) is 0 Å². The fraction of sp³-hybridized carbons (Fsp3) is 0.667. The highest BCUT2D eigenvalue weighted by Crippen LogP contribution is 2.19. The summed E-state index contributed by atoms with van der Waals surface area (Å²) in [6.07, 6.45) is -1.24. The molecule has 4 amide bonds. The molecule has 2 saturated heterocycles. The second-order valence-corrected chi connectivity index (χ2v) is 3.01. The Morgan fingerprint density at radius 2 is 1.36 bits per heavy atom. The van der Waals surface area contributed by atoms with Gasteiger partial charge in [-0.2, -0.15) is 0 Å². The summed E-state index contributed by atoms with van der Waals surface area (Å²) >= 11 is 0. The molecule has 2 heterocycles. The van der Waals surface area contributed by atoms with Crippen LogP contribution in [0.15, 0.2) is 0 Å². The normalized spacial score (nSPS) is 30.4. The minimum absolute atomic E-state index is 0.471. The number of hydrogen-bond donors (Lipinski definition) is 4. The Kier molecular flexibility index (Phi) is 1.93. The molecule has 8 heteroatoms. The summed E-state index contributed by atoms with van der Waals surface area (Å²) in [5.41, 5.74) is 0. The molecule has 0 saturated carbocycles. The van der Waals surface area contributed by atoms with Gasteiger partial charge in [0.1, 0.15) is 25.8 Å². The summed E-state index contributed by atoms with van der Waals surface area (Å²) in [4.78, 5) is 24.5. The van der Waals surface area contributed by atoms with E-state index >= 15 is 0 Å². The number of nitrogens with zero attached hydrogens (tertiary/aromatic N) is 2. The van der Waals surface area contributed by atoms with Crippen molar-refractivity contribution in [2.24, 2.45) is 0 Å². The van der Waals surface area contributed by atoms with Crippen LogP contribution in [0.1, 0.15) is 0 Å². The van der Waals surface area contributed by atoms with E-state index in [0.717, 1.165) is 9.80 Å². The molecule has 2 aliphatic heterocycles. The van der Waals surface area contributed by atoms with Crippen LogP contribution in [0.2, 0.25) is 0 Å². The Hall–Kier alpha value is -1.54. The lowest BCUT2D eigenvalue weighted by molar-refractivity contribution is 0.0865. The van der Waals surface area contributed by atoms with Crippen LogP contribution in [-0.2, 0) is 0 Å². The molecular formula is C6H10N4O4. The Labute approximate surface area is 79.1 Å². The second-order valence-electron chi connectivity index (χ2n) is 3.01. The van der Waals surface area contributed by atoms with Crippen LogP contribution < -0.4 is 10.6 Å². The molecule has 78 valence electrons. The summed E-state index contributed by atoms with van der Waals surface area (Å²) in [5.74, 6) is 0. The van der Waals surface area contributed by atoms with Crippen LogP contribution in [-0.4, -0.2) is 57.9 Å². The first kappa shape index (κ1) is 9.03. The van der Waals surface area contributed by atoms with Crippen LogP contribution in [0.4, 0.5) is 9.59 Å². The van der Waals surface area contributed by atoms with E-state index < -0.39 is 37.9 Å². The molecule has 14 heavy (non-hydrogen) atoms. The van der Waals surface area contributed by atoms with Gasteiger partial charge in [-0.15, -0.1) is 0 Å². The summed E-state index contributed by atoms with van der Waals surface area (Å²) in [6.45, 7) is -0.959. The van der Waals surface area contributed by atoms with Crippen LogP contribution >= 0.6 is 0 Å². The number of rotatable bonds is 2. The fourth-order valence-corrected chi connectivity index (χ4v) is 1.63. The van der Waals surface area contributed by atoms with E-state index in [-0.39, 0.29) is 0 Å². The molecule has 8 nitrogen and oxygen atoms in total. The predicted octanol–water partition coefficient (Wildman–Crippen LogP) is -2.41. The van der Waals surface area contributed by atoms with Crippen molar-refractivity contribution >= 4 is 12.1 Å². The van der Waals surface area contributed by atoms with E-state index in [4.69, 9.17) is 10.2 Å². The minimum Gasteiger partial charge on any atom is -0.376 e. The molecule has 4 N–H and O–H groups in total. The maximum Gasteiger partial charge on any atom is 0.322 e. The van der Waals surface area contributed by atoms with Crippen molar-refractivity contribution in [2.45, 2.75) is 12.3 Å². The molecular weight excluding hydrogens is 192 g/mol. The lowest BCUT2D eigenvalue weighted by atomic mass is 10.4. The lowest BCUT2D eigenvalue weighted by Crippen LogP contribution is -2.43. The number of hydrogen-bond acceptors (Lipinski definition) is 4. The number of aliphatic hydroxyl groups is 2. The van der Waals surface area contributed by atoms with Crippen molar-refractivity contribution in [3.63, 3.8) is 0 Å². The van der Waals surface area contributed by atoms with Gasteiger partial charge in [-0.05, 0) is 0 Å². The molecule has 2 rings (SSSR count). The van der Waals surface area contributed by atoms with Gasteiger partial charge in [0.25, 0.3) is 0 Å². The third-order valence-corrected chi connectivity index (χ3v) is 2.34. The molecule has 0 bridgehead atoms. The van der Waals surface area contributed by atoms with Gasteiger partial charge >= 0.3 is 12.1 Å². The number of urea groups is 2. The van der Waals surface area contributed by atoms with Crippen molar-refractivity contribution < 1.29 is 19.8 Å². The Bertz CT molecular complexity index is 255. The topological polar surface area (TPSA) is 105 Å². The Morgan fingerprint density at radius 1 is 1.00 bits per heavy atom. The highest BCUT2D eigenvalue weighted by Gasteiger charge is 2.49. The Morgan fingerprint density at radius 3 is 1.64 bits per heavy atom. The molecule has 0 aromatic carbocycles. The first-order valence-electron chi connectivity index (χ1n) is 4.05. The minimum atomic E-state index is -0.618. The van der Waals surface area contributed by atoms with E-state index in [0.29, 0.717) is 0 Å². The molecule has 2 atom stereocenters.